The number of rotatable bonds is 3. The smallest absolute Gasteiger partial charge is 0.239 e. The maximum atomic E-state index is 10.5. The summed E-state index contributed by atoms with van der Waals surface area (Å²) >= 11 is 0. The van der Waals surface area contributed by atoms with Gasteiger partial charge in [-0.15, -0.1) is 0 Å². The Morgan fingerprint density at radius 3 is 2.20 bits per heavy atom. The van der Waals surface area contributed by atoms with Crippen LogP contribution in [0.3, 0.4) is 0 Å². The average molecular weight is 160 g/mol. The van der Waals surface area contributed by atoms with Crippen LogP contribution in [0.15, 0.2) is 28.8 Å². The first-order valence-corrected chi connectivity index (χ1v) is 3.88. The van der Waals surface area contributed by atoms with Gasteiger partial charge in [0.05, 0.1) is 4.91 Å². The number of hydrogen-bond acceptors (Lipinski definition) is 3. The summed E-state index contributed by atoms with van der Waals surface area (Å²) in [4.78, 5) is 3.09. The lowest BCUT2D eigenvalue weighted by Gasteiger charge is -1.92. The monoisotopic (exact) mass is 160 g/mol. The Morgan fingerprint density at radius 2 is 2.10 bits per heavy atom. The van der Waals surface area contributed by atoms with Crippen molar-refractivity contribution in [3.05, 3.63) is 23.8 Å². The third-order valence-electron chi connectivity index (χ3n) is 0.748. The van der Waals surface area contributed by atoms with E-state index in [1.807, 2.05) is 0 Å². The lowest BCUT2D eigenvalue weighted by Crippen LogP contribution is -2.12. The Labute approximate surface area is 59.8 Å². The Kier molecular flexibility index (Phi) is 2.98. The van der Waals surface area contributed by atoms with E-state index in [1.54, 1.807) is 0 Å². The fraction of sp³-hybridized carbons (Fsp3) is 0. The van der Waals surface area contributed by atoms with E-state index in [1.165, 1.54) is 0 Å². The van der Waals surface area contributed by atoms with Gasteiger partial charge in [-0.2, -0.15) is 0 Å². The summed E-state index contributed by atoms with van der Waals surface area (Å²) in [5.74, 6) is 0. The number of primary sulfonamides is 1. The molecule has 0 atom stereocenters. The molecule has 0 aromatic carbocycles. The van der Waals surface area contributed by atoms with Crippen molar-refractivity contribution in [2.24, 2.45) is 10.1 Å². The highest BCUT2D eigenvalue weighted by Gasteiger charge is 2.05. The van der Waals surface area contributed by atoms with Gasteiger partial charge in [0.2, 0.25) is 10.0 Å². The topological polar surface area (TPSA) is 72.5 Å². The number of nitrogens with zero attached hydrogens (tertiary/aromatic N) is 1. The van der Waals surface area contributed by atoms with Crippen molar-refractivity contribution < 1.29 is 8.42 Å². The first-order chi connectivity index (χ1) is 4.52. The van der Waals surface area contributed by atoms with E-state index in [-0.39, 0.29) is 4.91 Å². The highest BCUT2D eigenvalue weighted by atomic mass is 32.2. The summed E-state index contributed by atoms with van der Waals surface area (Å²) in [6.07, 6.45) is 2.13. The summed E-state index contributed by atoms with van der Waals surface area (Å²) in [5.41, 5.74) is 0. The van der Waals surface area contributed by atoms with E-state index >= 15 is 0 Å². The van der Waals surface area contributed by atoms with Crippen molar-refractivity contribution in [1.29, 1.82) is 0 Å². The molecule has 56 valence electrons. The summed E-state index contributed by atoms with van der Waals surface area (Å²) in [6, 6.07) is 0. The van der Waals surface area contributed by atoms with Crippen molar-refractivity contribution in [2.75, 3.05) is 0 Å². The van der Waals surface area contributed by atoms with Crippen LogP contribution in [0, 0.1) is 0 Å². The summed E-state index contributed by atoms with van der Waals surface area (Å²) < 4.78 is 21.0. The zero-order valence-corrected chi connectivity index (χ0v) is 6.13. The molecule has 0 saturated heterocycles. The maximum Gasteiger partial charge on any atom is 0.239 e. The van der Waals surface area contributed by atoms with Crippen molar-refractivity contribution in [2.45, 2.75) is 0 Å². The van der Waals surface area contributed by atoms with E-state index in [0.717, 1.165) is 12.3 Å². The van der Waals surface area contributed by atoms with E-state index in [0.29, 0.717) is 0 Å². The van der Waals surface area contributed by atoms with Crippen LogP contribution in [0.1, 0.15) is 0 Å². The van der Waals surface area contributed by atoms with Crippen molar-refractivity contribution in [1.82, 2.24) is 0 Å². The number of hydrogen-bond donors (Lipinski definition) is 1. The molecule has 0 aliphatic carbocycles. The van der Waals surface area contributed by atoms with Gasteiger partial charge in [0.15, 0.2) is 0 Å². The van der Waals surface area contributed by atoms with Crippen LogP contribution < -0.4 is 5.14 Å². The van der Waals surface area contributed by atoms with Crippen LogP contribution >= 0.6 is 0 Å². The van der Waals surface area contributed by atoms with Crippen LogP contribution in [0.5, 0.6) is 0 Å². The minimum absolute atomic E-state index is 0.137. The molecule has 0 spiro atoms. The molecule has 4 nitrogen and oxygen atoms in total. The second kappa shape index (κ2) is 3.28. The highest BCUT2D eigenvalue weighted by Crippen LogP contribution is 2.01. The second-order valence-corrected chi connectivity index (χ2v) is 3.02. The first-order valence-electron chi connectivity index (χ1n) is 2.33. The van der Waals surface area contributed by atoms with Crippen molar-refractivity contribution >= 4 is 16.7 Å². The van der Waals surface area contributed by atoms with Gasteiger partial charge in [-0.05, 0) is 12.8 Å². The average Bonchev–Trinajstić information content (AvgIpc) is 1.80. The Balaban J connectivity index is 4.89. The van der Waals surface area contributed by atoms with Crippen molar-refractivity contribution in [3.63, 3.8) is 0 Å². The fourth-order valence-corrected chi connectivity index (χ4v) is 0.786. The molecule has 0 heterocycles. The van der Waals surface area contributed by atoms with E-state index in [4.69, 9.17) is 5.14 Å². The molecular formula is C5H8N2O2S. The minimum atomic E-state index is -3.67. The van der Waals surface area contributed by atoms with Gasteiger partial charge < -0.3 is 0 Å². The van der Waals surface area contributed by atoms with E-state index in [2.05, 4.69) is 18.3 Å². The number of allylic oxidation sites excluding steroid dienone is 1. The summed E-state index contributed by atoms with van der Waals surface area (Å²) in [5, 5.41) is 4.72. The quantitative estimate of drug-likeness (QED) is 0.466. The zero-order valence-electron chi connectivity index (χ0n) is 5.32. The van der Waals surface area contributed by atoms with Gasteiger partial charge in [0.25, 0.3) is 0 Å². The molecule has 10 heavy (non-hydrogen) atoms. The molecule has 0 unspecified atom stereocenters. The maximum absolute atomic E-state index is 10.5. The fourth-order valence-electron chi connectivity index (χ4n) is 0.332. The Hall–Kier alpha value is -0.940. The minimum Gasteiger partial charge on any atom is -0.271 e. The molecule has 5 heteroatoms. The summed E-state index contributed by atoms with van der Waals surface area (Å²) in [6.45, 7) is 6.30. The molecule has 0 aromatic rings. The molecule has 2 N–H and O–H groups in total. The molecule has 0 rings (SSSR count). The van der Waals surface area contributed by atoms with Crippen LogP contribution in [0.2, 0.25) is 0 Å². The number of aliphatic imine (C=N–C) groups is 1. The van der Waals surface area contributed by atoms with Gasteiger partial charge in [-0.25, -0.2) is 13.6 Å². The van der Waals surface area contributed by atoms with Gasteiger partial charge >= 0.3 is 0 Å². The molecule has 0 fully saturated rings. The first kappa shape index (κ1) is 9.06. The van der Waals surface area contributed by atoms with Gasteiger partial charge in [-0.1, -0.05) is 6.58 Å². The SMILES string of the molecule is C=C/C(=C\N=C)S(N)(=O)=O. The Bertz CT molecular complexity index is 263. The van der Waals surface area contributed by atoms with Crippen molar-refractivity contribution in [3.8, 4) is 0 Å². The largest absolute Gasteiger partial charge is 0.271 e. The number of nitrogens with two attached hydrogens (primary N) is 1. The summed E-state index contributed by atoms with van der Waals surface area (Å²) in [7, 11) is -3.67. The number of sulfonamides is 1. The van der Waals surface area contributed by atoms with Crippen LogP contribution in [0.25, 0.3) is 0 Å². The van der Waals surface area contributed by atoms with Gasteiger partial charge in [0, 0.05) is 6.20 Å². The van der Waals surface area contributed by atoms with Crippen LogP contribution in [-0.2, 0) is 10.0 Å². The predicted octanol–water partition coefficient (Wildman–Crippen LogP) is 0.00290. The van der Waals surface area contributed by atoms with Gasteiger partial charge in [-0.3, -0.25) is 4.99 Å². The third kappa shape index (κ3) is 2.56. The van der Waals surface area contributed by atoms with Crippen LogP contribution in [0.4, 0.5) is 0 Å². The molecule has 0 saturated carbocycles. The van der Waals surface area contributed by atoms with E-state index in [9.17, 15) is 8.42 Å². The molecule has 0 radical (unpaired) electrons. The Morgan fingerprint density at radius 1 is 1.60 bits per heavy atom. The predicted molar refractivity (Wildman–Crippen MR) is 40.9 cm³/mol. The molecule has 0 amide bonds. The third-order valence-corrected chi connectivity index (χ3v) is 1.68. The molecule has 0 aliphatic rings. The standard InChI is InChI=1S/C5H8N2O2S/c1-3-5(4-7-2)10(6,8)9/h3-4H,1-2H2,(H2,6,8,9)/b5-4+. The molecule has 0 aliphatic heterocycles. The van der Waals surface area contributed by atoms with Gasteiger partial charge in [0.1, 0.15) is 0 Å². The normalized spacial score (nSPS) is 12.7. The second-order valence-electron chi connectivity index (χ2n) is 1.46. The van der Waals surface area contributed by atoms with Crippen LogP contribution in [-0.4, -0.2) is 15.1 Å². The lowest BCUT2D eigenvalue weighted by molar-refractivity contribution is 0.604. The molecular weight excluding hydrogens is 152 g/mol. The highest BCUT2D eigenvalue weighted by molar-refractivity contribution is 7.93. The lowest BCUT2D eigenvalue weighted by atomic mass is 10.6. The molecule has 0 aromatic heterocycles. The zero-order chi connectivity index (χ0) is 8.20. The molecule has 0 bridgehead atoms. The van der Waals surface area contributed by atoms with E-state index < -0.39 is 10.0 Å².